The van der Waals surface area contributed by atoms with Crippen LogP contribution in [0.5, 0.6) is 0 Å². The Balaban J connectivity index is 2.18. The van der Waals surface area contributed by atoms with Crippen molar-refractivity contribution in [2.75, 3.05) is 13.2 Å². The lowest BCUT2D eigenvalue weighted by molar-refractivity contribution is -0.162. The normalized spacial score (nSPS) is 22.7. The lowest BCUT2D eigenvalue weighted by Gasteiger charge is -2.36. The van der Waals surface area contributed by atoms with Gasteiger partial charge in [-0.2, -0.15) is 0 Å². The van der Waals surface area contributed by atoms with Gasteiger partial charge in [-0.15, -0.1) is 0 Å². The summed E-state index contributed by atoms with van der Waals surface area (Å²) in [5.74, 6) is -0.00489. The molecule has 0 unspecified atom stereocenters. The van der Waals surface area contributed by atoms with Crippen molar-refractivity contribution in [1.29, 1.82) is 0 Å². The molecule has 1 rings (SSSR count). The highest BCUT2D eigenvalue weighted by molar-refractivity contribution is 6.74. The van der Waals surface area contributed by atoms with Crippen LogP contribution in [-0.4, -0.2) is 39.2 Å². The van der Waals surface area contributed by atoms with E-state index in [9.17, 15) is 4.79 Å². The second-order valence-corrected chi connectivity index (χ2v) is 14.6. The number of carbonyl (C=O) groups is 1. The molecule has 1 saturated carbocycles. The Morgan fingerprint density at radius 1 is 0.960 bits per heavy atom. The topological polar surface area (TPSA) is 44.8 Å². The zero-order chi connectivity index (χ0) is 19.3. The second kappa shape index (κ2) is 9.00. The summed E-state index contributed by atoms with van der Waals surface area (Å²) in [7, 11) is -1.64. The molecule has 0 heterocycles. The lowest BCUT2D eigenvalue weighted by Crippen LogP contribution is -2.41. The van der Waals surface area contributed by atoms with E-state index in [1.165, 1.54) is 0 Å². The molecular weight excluding hydrogens is 332 g/mol. The predicted octanol–water partition coefficient (Wildman–Crippen LogP) is 5.32. The van der Waals surface area contributed by atoms with E-state index in [-0.39, 0.29) is 23.0 Å². The van der Waals surface area contributed by atoms with Crippen molar-refractivity contribution in [3.8, 4) is 0 Å². The third-order valence-corrected chi connectivity index (χ3v) is 9.86. The first kappa shape index (κ1) is 22.6. The van der Waals surface area contributed by atoms with Gasteiger partial charge >= 0.3 is 5.97 Å². The molecule has 5 heteroatoms. The van der Waals surface area contributed by atoms with Crippen LogP contribution in [0.1, 0.15) is 73.6 Å². The van der Waals surface area contributed by atoms with E-state index in [0.29, 0.717) is 0 Å². The molecule has 0 aliphatic heterocycles. The molecule has 148 valence electrons. The van der Waals surface area contributed by atoms with Crippen molar-refractivity contribution in [1.82, 2.24) is 0 Å². The summed E-state index contributed by atoms with van der Waals surface area (Å²) in [5, 5.41) is 0.258. The summed E-state index contributed by atoms with van der Waals surface area (Å²) in [6.07, 6.45) is 4.88. The van der Waals surface area contributed by atoms with Gasteiger partial charge < -0.3 is 13.9 Å². The van der Waals surface area contributed by atoms with Gasteiger partial charge in [-0.25, -0.2) is 0 Å². The Hall–Kier alpha value is -0.393. The maximum Gasteiger partial charge on any atom is 0.309 e. The fraction of sp³-hybridized carbons (Fsp3) is 0.950. The van der Waals surface area contributed by atoms with Gasteiger partial charge in [0.2, 0.25) is 0 Å². The second-order valence-electron chi connectivity index (χ2n) is 9.84. The minimum Gasteiger partial charge on any atom is -0.460 e. The molecule has 1 fully saturated rings. The van der Waals surface area contributed by atoms with Crippen LogP contribution < -0.4 is 0 Å². The monoisotopic (exact) mass is 372 g/mol. The number of ether oxygens (including phenoxy) is 2. The molecule has 4 nitrogen and oxygen atoms in total. The number of rotatable bonds is 7. The minimum atomic E-state index is -1.64. The maximum absolute atomic E-state index is 12.1. The first-order valence-corrected chi connectivity index (χ1v) is 12.7. The van der Waals surface area contributed by atoms with Crippen molar-refractivity contribution in [3.63, 3.8) is 0 Å². The number of hydrogen-bond donors (Lipinski definition) is 0. The van der Waals surface area contributed by atoms with Gasteiger partial charge in [0.15, 0.2) is 8.32 Å². The van der Waals surface area contributed by atoms with Gasteiger partial charge in [0, 0.05) is 13.2 Å². The molecule has 1 aliphatic rings. The molecule has 0 spiro atoms. The molecule has 1 aliphatic carbocycles. The Labute approximate surface area is 156 Å². The molecule has 0 saturated heterocycles. The predicted molar refractivity (Wildman–Crippen MR) is 105 cm³/mol. The summed E-state index contributed by atoms with van der Waals surface area (Å²) in [6, 6.07) is 0. The van der Waals surface area contributed by atoms with Crippen LogP contribution in [0.25, 0.3) is 0 Å². The van der Waals surface area contributed by atoms with E-state index in [1.54, 1.807) is 0 Å². The molecule has 0 atom stereocenters. The van der Waals surface area contributed by atoms with E-state index in [2.05, 4.69) is 33.9 Å². The summed E-state index contributed by atoms with van der Waals surface area (Å²) >= 11 is 0. The highest BCUT2D eigenvalue weighted by Crippen LogP contribution is 2.36. The van der Waals surface area contributed by atoms with Crippen molar-refractivity contribution >= 4 is 14.3 Å². The molecule has 25 heavy (non-hydrogen) atoms. The molecule has 0 amide bonds. The van der Waals surface area contributed by atoms with Crippen molar-refractivity contribution in [3.05, 3.63) is 0 Å². The van der Waals surface area contributed by atoms with Gasteiger partial charge in [0.05, 0.1) is 12.0 Å². The Morgan fingerprint density at radius 2 is 1.52 bits per heavy atom. The molecule has 0 aromatic carbocycles. The van der Waals surface area contributed by atoms with Gasteiger partial charge in [-0.3, -0.25) is 4.79 Å². The quantitative estimate of drug-likeness (QED) is 0.345. The molecule has 0 radical (unpaired) electrons. The van der Waals surface area contributed by atoms with Crippen molar-refractivity contribution in [2.24, 2.45) is 5.92 Å². The van der Waals surface area contributed by atoms with E-state index in [0.717, 1.165) is 45.3 Å². The van der Waals surface area contributed by atoms with Gasteiger partial charge in [0.25, 0.3) is 0 Å². The Morgan fingerprint density at radius 3 is 2.00 bits per heavy atom. The van der Waals surface area contributed by atoms with Crippen molar-refractivity contribution < 1.29 is 18.7 Å². The van der Waals surface area contributed by atoms with E-state index in [4.69, 9.17) is 13.9 Å². The van der Waals surface area contributed by atoms with Crippen LogP contribution in [-0.2, 0) is 18.7 Å². The number of carbonyl (C=O) groups excluding carboxylic acids is 1. The fourth-order valence-corrected chi connectivity index (χ4v) is 3.79. The number of hydrogen-bond acceptors (Lipinski definition) is 4. The Bertz CT molecular complexity index is 412. The summed E-state index contributed by atoms with van der Waals surface area (Å²) in [5.41, 5.74) is -0.394. The molecule has 0 bridgehead atoms. The third-order valence-electron chi connectivity index (χ3n) is 5.33. The highest BCUT2D eigenvalue weighted by Gasteiger charge is 2.36. The first-order valence-electron chi connectivity index (χ1n) is 9.80. The summed E-state index contributed by atoms with van der Waals surface area (Å²) < 4.78 is 17.7. The largest absolute Gasteiger partial charge is 0.460 e. The summed E-state index contributed by atoms with van der Waals surface area (Å²) in [4.78, 5) is 12.1. The average molecular weight is 373 g/mol. The highest BCUT2D eigenvalue weighted by atomic mass is 28.4. The fourth-order valence-electron chi connectivity index (χ4n) is 2.70. The maximum atomic E-state index is 12.1. The minimum absolute atomic E-state index is 0.0426. The molecular formula is C20H40O4Si. The summed E-state index contributed by atoms with van der Waals surface area (Å²) in [6.45, 7) is 18.6. The van der Waals surface area contributed by atoms with E-state index >= 15 is 0 Å². The van der Waals surface area contributed by atoms with Crippen LogP contribution in [0.2, 0.25) is 18.1 Å². The molecule has 0 aromatic rings. The molecule has 0 aromatic heterocycles. The third kappa shape index (κ3) is 8.22. The van der Waals surface area contributed by atoms with Crippen LogP contribution >= 0.6 is 0 Å². The Kier molecular flexibility index (Phi) is 8.16. The van der Waals surface area contributed by atoms with Gasteiger partial charge in [-0.05, 0) is 71.0 Å². The van der Waals surface area contributed by atoms with Crippen LogP contribution in [0.3, 0.4) is 0 Å². The molecule has 0 N–H and O–H groups in total. The standard InChI is InChI=1S/C20H40O4Si/c1-19(2,3)24-18(21)16-10-12-17(13-11-16)22-14-9-15-23-25(7,8)20(4,5)6/h16-17H,9-15H2,1-8H3. The van der Waals surface area contributed by atoms with E-state index < -0.39 is 13.9 Å². The SMILES string of the molecule is CC(C)(C)OC(=O)C1CCC(OCCCO[Si](C)(C)C(C)(C)C)CC1. The zero-order valence-electron chi connectivity index (χ0n) is 17.7. The smallest absolute Gasteiger partial charge is 0.309 e. The van der Waals surface area contributed by atoms with Crippen molar-refractivity contribution in [2.45, 2.75) is 103 Å². The number of esters is 1. The first-order chi connectivity index (χ1) is 11.3. The van der Waals surface area contributed by atoms with E-state index in [1.807, 2.05) is 20.8 Å². The van der Waals surface area contributed by atoms with Gasteiger partial charge in [0.1, 0.15) is 5.60 Å². The van der Waals surface area contributed by atoms with Crippen LogP contribution in [0, 0.1) is 5.92 Å². The zero-order valence-corrected chi connectivity index (χ0v) is 18.7. The van der Waals surface area contributed by atoms with Crippen LogP contribution in [0.4, 0.5) is 0 Å². The lowest BCUT2D eigenvalue weighted by atomic mass is 9.87. The van der Waals surface area contributed by atoms with Crippen LogP contribution in [0.15, 0.2) is 0 Å². The average Bonchev–Trinajstić information content (AvgIpc) is 2.44. The van der Waals surface area contributed by atoms with Gasteiger partial charge in [-0.1, -0.05) is 20.8 Å².